The first kappa shape index (κ1) is 24.9. The Labute approximate surface area is 218 Å². The second-order valence-electron chi connectivity index (χ2n) is 10.0. The second-order valence-corrected chi connectivity index (χ2v) is 10.0. The highest BCUT2D eigenvalue weighted by Crippen LogP contribution is 2.29. The molecule has 1 unspecified atom stereocenters. The number of nitrogens with zero attached hydrogens (tertiary/aromatic N) is 6. The van der Waals surface area contributed by atoms with E-state index < -0.39 is 6.43 Å². The molecule has 6 rings (SSSR count). The van der Waals surface area contributed by atoms with Crippen molar-refractivity contribution in [1.29, 1.82) is 0 Å². The predicted octanol–water partition coefficient (Wildman–Crippen LogP) is 2.89. The molecule has 3 aliphatic rings. The van der Waals surface area contributed by atoms with Gasteiger partial charge in [-0.25, -0.2) is 13.8 Å². The van der Waals surface area contributed by atoms with Gasteiger partial charge in [-0.2, -0.15) is 9.97 Å². The minimum absolute atomic E-state index is 0.0350. The van der Waals surface area contributed by atoms with Crippen molar-refractivity contribution < 1.29 is 23.0 Å². The summed E-state index contributed by atoms with van der Waals surface area (Å²) in [7, 11) is 0. The third kappa shape index (κ3) is 5.02. The van der Waals surface area contributed by atoms with Gasteiger partial charge in [0.15, 0.2) is 5.82 Å². The normalized spacial score (nSPS) is 20.7. The number of carbonyl (C=O) groups excluding carboxylic acids is 1. The van der Waals surface area contributed by atoms with Crippen LogP contribution in [0.5, 0.6) is 0 Å². The quantitative estimate of drug-likeness (QED) is 0.501. The number of hydrogen-bond acceptors (Lipinski definition) is 8. The largest absolute Gasteiger partial charge is 0.381 e. The molecule has 0 aliphatic carbocycles. The topological polar surface area (TPSA) is 97.6 Å². The summed E-state index contributed by atoms with van der Waals surface area (Å²) in [5.74, 6) is 1.38. The summed E-state index contributed by atoms with van der Waals surface area (Å²) < 4.78 is 40.4. The smallest absolute Gasteiger partial charge is 0.296 e. The Bertz CT molecular complexity index is 1290. The molecule has 0 bridgehead atoms. The highest BCUT2D eigenvalue weighted by atomic mass is 19.3. The number of morpholine rings is 1. The highest BCUT2D eigenvalue weighted by Gasteiger charge is 2.35. The van der Waals surface area contributed by atoms with Crippen molar-refractivity contribution in [2.45, 2.75) is 19.3 Å². The van der Waals surface area contributed by atoms with Gasteiger partial charge in [0, 0.05) is 51.3 Å². The minimum Gasteiger partial charge on any atom is -0.381 e. The molecule has 0 spiro atoms. The number of rotatable bonds is 7. The van der Waals surface area contributed by atoms with Crippen molar-refractivity contribution in [2.24, 2.45) is 11.8 Å². The lowest BCUT2D eigenvalue weighted by molar-refractivity contribution is -0.145. The van der Waals surface area contributed by atoms with E-state index in [-0.39, 0.29) is 23.6 Å². The Morgan fingerprint density at radius 1 is 1.08 bits per heavy atom. The lowest BCUT2D eigenvalue weighted by Crippen LogP contribution is -2.54. The van der Waals surface area contributed by atoms with E-state index in [9.17, 15) is 13.6 Å². The fourth-order valence-electron chi connectivity index (χ4n) is 5.29. The monoisotopic (exact) mass is 527 g/mol. The molecule has 1 amide bonds. The number of para-hydroxylation sites is 2. The summed E-state index contributed by atoms with van der Waals surface area (Å²) in [5.41, 5.74) is 1.03. The van der Waals surface area contributed by atoms with E-state index in [0.717, 1.165) is 19.4 Å². The Morgan fingerprint density at radius 3 is 2.66 bits per heavy atom. The summed E-state index contributed by atoms with van der Waals surface area (Å²) in [6.07, 6.45) is -0.958. The van der Waals surface area contributed by atoms with Gasteiger partial charge < -0.3 is 24.6 Å². The van der Waals surface area contributed by atoms with Crippen LogP contribution in [0.2, 0.25) is 0 Å². The number of hydrogen-bond donors (Lipinski definition) is 1. The third-order valence-corrected chi connectivity index (χ3v) is 7.36. The van der Waals surface area contributed by atoms with E-state index in [0.29, 0.717) is 81.2 Å². The van der Waals surface area contributed by atoms with Crippen LogP contribution in [0.1, 0.15) is 25.1 Å². The van der Waals surface area contributed by atoms with E-state index in [1.54, 1.807) is 30.3 Å². The number of likely N-dealkylation sites (tertiary alicyclic amines) is 1. The molecule has 1 N–H and O–H groups in total. The molecule has 10 nitrogen and oxygen atoms in total. The Morgan fingerprint density at radius 2 is 1.89 bits per heavy atom. The number of carbonyl (C=O) groups is 1. The summed E-state index contributed by atoms with van der Waals surface area (Å²) >= 11 is 0. The molecule has 1 atom stereocenters. The first-order valence-electron chi connectivity index (χ1n) is 13.1. The van der Waals surface area contributed by atoms with Crippen LogP contribution in [0.15, 0.2) is 30.3 Å². The van der Waals surface area contributed by atoms with Crippen molar-refractivity contribution in [3.63, 3.8) is 0 Å². The summed E-state index contributed by atoms with van der Waals surface area (Å²) in [6, 6.07) is 8.72. The number of imidazole rings is 1. The van der Waals surface area contributed by atoms with Gasteiger partial charge in [0.1, 0.15) is 11.6 Å². The van der Waals surface area contributed by atoms with Crippen molar-refractivity contribution in [2.75, 3.05) is 69.4 Å². The average molecular weight is 528 g/mol. The number of alkyl halides is 2. The van der Waals surface area contributed by atoms with E-state index in [2.05, 4.69) is 15.3 Å². The first-order chi connectivity index (χ1) is 18.6. The number of halogens is 2. The van der Waals surface area contributed by atoms with E-state index in [1.807, 2.05) is 9.80 Å². The molecule has 5 heterocycles. The van der Waals surface area contributed by atoms with Crippen LogP contribution in [-0.2, 0) is 14.3 Å². The maximum Gasteiger partial charge on any atom is 0.296 e. The van der Waals surface area contributed by atoms with Gasteiger partial charge in [-0.3, -0.25) is 9.36 Å². The van der Waals surface area contributed by atoms with Crippen LogP contribution in [0.3, 0.4) is 0 Å². The maximum atomic E-state index is 14.0. The average Bonchev–Trinajstić information content (AvgIpc) is 3.33. The second kappa shape index (κ2) is 10.8. The van der Waals surface area contributed by atoms with E-state index >= 15 is 0 Å². The zero-order valence-electron chi connectivity index (χ0n) is 21.1. The van der Waals surface area contributed by atoms with Crippen LogP contribution in [0.4, 0.5) is 20.5 Å². The molecule has 12 heteroatoms. The predicted molar refractivity (Wildman–Crippen MR) is 137 cm³/mol. The molecule has 2 aromatic heterocycles. The SMILES string of the molecule is O=C(C1CCCOC1)N1CC(CNc2cc(-n3c(C(F)F)nc4ccccc43)nc(N3CCOCC3)n2)C1. The third-order valence-electron chi connectivity index (χ3n) is 7.36. The minimum atomic E-state index is -2.77. The van der Waals surface area contributed by atoms with Gasteiger partial charge >= 0.3 is 0 Å². The Hall–Kier alpha value is -3.38. The molecule has 0 saturated carbocycles. The van der Waals surface area contributed by atoms with Crippen LogP contribution >= 0.6 is 0 Å². The molecule has 38 heavy (non-hydrogen) atoms. The van der Waals surface area contributed by atoms with Gasteiger partial charge in [-0.1, -0.05) is 12.1 Å². The Kier molecular flexibility index (Phi) is 7.07. The highest BCUT2D eigenvalue weighted by molar-refractivity contribution is 5.80. The van der Waals surface area contributed by atoms with Crippen molar-refractivity contribution >= 4 is 28.7 Å². The molecule has 3 aromatic rings. The van der Waals surface area contributed by atoms with Crippen molar-refractivity contribution in [3.05, 3.63) is 36.2 Å². The number of nitrogens with one attached hydrogen (secondary N) is 1. The lowest BCUT2D eigenvalue weighted by Gasteiger charge is -2.41. The molecule has 202 valence electrons. The van der Waals surface area contributed by atoms with Crippen molar-refractivity contribution in [3.8, 4) is 5.82 Å². The van der Waals surface area contributed by atoms with Gasteiger partial charge in [0.05, 0.1) is 36.8 Å². The summed E-state index contributed by atoms with van der Waals surface area (Å²) in [4.78, 5) is 30.2. The number of amides is 1. The maximum absolute atomic E-state index is 14.0. The van der Waals surface area contributed by atoms with Gasteiger partial charge in [-0.05, 0) is 25.0 Å². The number of aromatic nitrogens is 4. The van der Waals surface area contributed by atoms with Gasteiger partial charge in [-0.15, -0.1) is 0 Å². The molecule has 3 aliphatic heterocycles. The van der Waals surface area contributed by atoms with Crippen LogP contribution in [0.25, 0.3) is 16.9 Å². The summed E-state index contributed by atoms with van der Waals surface area (Å²) in [6.45, 7) is 5.52. The standard InChI is InChI=1S/C26H31F2N7O3/c27-23(28)24-30-19-5-1-2-6-20(19)35(24)22-12-21(31-26(32-22)33-7-10-37-11-8-33)29-13-17-14-34(15-17)25(36)18-4-3-9-38-16-18/h1-2,5-6,12,17-18,23H,3-4,7-11,13-16H2,(H,29,31,32). The first-order valence-corrected chi connectivity index (χ1v) is 13.1. The molecular formula is C26H31F2N7O3. The van der Waals surface area contributed by atoms with E-state index in [4.69, 9.17) is 14.5 Å². The zero-order valence-corrected chi connectivity index (χ0v) is 21.1. The number of anilines is 2. The number of benzene rings is 1. The molecule has 3 saturated heterocycles. The lowest BCUT2D eigenvalue weighted by atomic mass is 9.94. The molecule has 0 radical (unpaired) electrons. The fourth-order valence-corrected chi connectivity index (χ4v) is 5.29. The van der Waals surface area contributed by atoms with E-state index in [1.165, 1.54) is 4.57 Å². The van der Waals surface area contributed by atoms with Crippen LogP contribution in [-0.4, -0.2) is 89.5 Å². The molecule has 3 fully saturated rings. The number of ether oxygens (including phenoxy) is 2. The van der Waals surface area contributed by atoms with Gasteiger partial charge in [0.25, 0.3) is 6.43 Å². The molecule has 1 aromatic carbocycles. The van der Waals surface area contributed by atoms with Crippen LogP contribution < -0.4 is 10.2 Å². The van der Waals surface area contributed by atoms with Gasteiger partial charge in [0.2, 0.25) is 11.9 Å². The summed E-state index contributed by atoms with van der Waals surface area (Å²) in [5, 5.41) is 3.37. The van der Waals surface area contributed by atoms with Crippen LogP contribution in [0, 0.1) is 11.8 Å². The molecular weight excluding hydrogens is 496 g/mol. The Balaban J connectivity index is 1.23. The fraction of sp³-hybridized carbons (Fsp3) is 0.538. The zero-order chi connectivity index (χ0) is 26.1. The van der Waals surface area contributed by atoms with Crippen molar-refractivity contribution in [1.82, 2.24) is 24.4 Å². The number of fused-ring (bicyclic) bond motifs is 1.